The molecule has 118 valence electrons. The summed E-state index contributed by atoms with van der Waals surface area (Å²) in [5.41, 5.74) is 2.28. The van der Waals surface area contributed by atoms with Crippen LogP contribution in [0.2, 0.25) is 0 Å². The van der Waals surface area contributed by atoms with E-state index >= 15 is 0 Å². The SMILES string of the molecule is CCc1ccc(-c2noc(CN3CCC(C(C)O)C3)n2)cc1. The van der Waals surface area contributed by atoms with Crippen molar-refractivity contribution in [1.82, 2.24) is 15.0 Å². The van der Waals surface area contributed by atoms with Gasteiger partial charge in [0.05, 0.1) is 12.6 Å². The number of hydrogen-bond donors (Lipinski definition) is 1. The molecule has 2 unspecified atom stereocenters. The lowest BCUT2D eigenvalue weighted by Crippen LogP contribution is -2.24. The van der Waals surface area contributed by atoms with Crippen molar-refractivity contribution >= 4 is 0 Å². The summed E-state index contributed by atoms with van der Waals surface area (Å²) < 4.78 is 5.37. The third kappa shape index (κ3) is 3.36. The predicted molar refractivity (Wildman–Crippen MR) is 84.2 cm³/mol. The number of aliphatic hydroxyl groups is 1. The van der Waals surface area contributed by atoms with Crippen LogP contribution in [0.15, 0.2) is 28.8 Å². The highest BCUT2D eigenvalue weighted by atomic mass is 16.5. The van der Waals surface area contributed by atoms with Crippen molar-refractivity contribution in [1.29, 1.82) is 0 Å². The van der Waals surface area contributed by atoms with E-state index in [0.29, 0.717) is 24.2 Å². The van der Waals surface area contributed by atoms with Gasteiger partial charge in [0.1, 0.15) is 0 Å². The van der Waals surface area contributed by atoms with Gasteiger partial charge in [-0.2, -0.15) is 4.98 Å². The van der Waals surface area contributed by atoms with Crippen molar-refractivity contribution < 1.29 is 9.63 Å². The Labute approximate surface area is 131 Å². The van der Waals surface area contributed by atoms with E-state index in [0.717, 1.165) is 31.5 Å². The van der Waals surface area contributed by atoms with Crippen molar-refractivity contribution in [3.05, 3.63) is 35.7 Å². The number of aryl methyl sites for hydroxylation is 1. The maximum absolute atomic E-state index is 9.65. The lowest BCUT2D eigenvalue weighted by atomic mass is 10.0. The van der Waals surface area contributed by atoms with Gasteiger partial charge in [0.25, 0.3) is 0 Å². The highest BCUT2D eigenvalue weighted by Gasteiger charge is 2.27. The minimum absolute atomic E-state index is 0.250. The second-order valence-electron chi connectivity index (χ2n) is 6.09. The van der Waals surface area contributed by atoms with Crippen molar-refractivity contribution in [2.24, 2.45) is 5.92 Å². The molecule has 5 nitrogen and oxygen atoms in total. The molecule has 0 spiro atoms. The standard InChI is InChI=1S/C17H23N3O2/c1-3-13-4-6-14(7-5-13)17-18-16(22-19-17)11-20-9-8-15(10-20)12(2)21/h4-7,12,15,21H,3,8-11H2,1-2H3. The van der Waals surface area contributed by atoms with Crippen LogP contribution in [0.3, 0.4) is 0 Å². The molecule has 2 atom stereocenters. The van der Waals surface area contributed by atoms with Crippen molar-refractivity contribution in [2.45, 2.75) is 39.3 Å². The van der Waals surface area contributed by atoms with Gasteiger partial charge in [-0.1, -0.05) is 36.3 Å². The van der Waals surface area contributed by atoms with Gasteiger partial charge in [-0.15, -0.1) is 0 Å². The summed E-state index contributed by atoms with van der Waals surface area (Å²) in [5.74, 6) is 1.63. The summed E-state index contributed by atoms with van der Waals surface area (Å²) in [7, 11) is 0. The summed E-state index contributed by atoms with van der Waals surface area (Å²) >= 11 is 0. The fourth-order valence-electron chi connectivity index (χ4n) is 2.92. The minimum Gasteiger partial charge on any atom is -0.393 e. The Bertz CT molecular complexity index is 607. The van der Waals surface area contributed by atoms with E-state index in [1.54, 1.807) is 0 Å². The van der Waals surface area contributed by atoms with Crippen molar-refractivity contribution in [2.75, 3.05) is 13.1 Å². The monoisotopic (exact) mass is 301 g/mol. The highest BCUT2D eigenvalue weighted by molar-refractivity contribution is 5.54. The normalized spacial score (nSPS) is 20.4. The van der Waals surface area contributed by atoms with Crippen LogP contribution in [0, 0.1) is 5.92 Å². The van der Waals surface area contributed by atoms with Gasteiger partial charge in [-0.25, -0.2) is 0 Å². The van der Waals surface area contributed by atoms with E-state index in [1.165, 1.54) is 5.56 Å². The Morgan fingerprint density at radius 1 is 1.36 bits per heavy atom. The maximum Gasteiger partial charge on any atom is 0.241 e. The zero-order chi connectivity index (χ0) is 15.5. The van der Waals surface area contributed by atoms with Crippen LogP contribution in [0.25, 0.3) is 11.4 Å². The molecule has 0 aliphatic carbocycles. The topological polar surface area (TPSA) is 62.4 Å². The molecular formula is C17H23N3O2. The van der Waals surface area contributed by atoms with Crippen LogP contribution in [0.5, 0.6) is 0 Å². The van der Waals surface area contributed by atoms with Gasteiger partial charge >= 0.3 is 0 Å². The van der Waals surface area contributed by atoms with E-state index in [1.807, 2.05) is 19.1 Å². The zero-order valence-corrected chi connectivity index (χ0v) is 13.2. The summed E-state index contributed by atoms with van der Waals surface area (Å²) in [6.07, 6.45) is 1.80. The second-order valence-corrected chi connectivity index (χ2v) is 6.09. The van der Waals surface area contributed by atoms with Gasteiger partial charge in [0, 0.05) is 12.1 Å². The molecule has 2 aromatic rings. The molecule has 0 bridgehead atoms. The van der Waals surface area contributed by atoms with Gasteiger partial charge < -0.3 is 9.63 Å². The lowest BCUT2D eigenvalue weighted by Gasteiger charge is -2.15. The Morgan fingerprint density at radius 3 is 2.77 bits per heavy atom. The molecule has 3 rings (SSSR count). The van der Waals surface area contributed by atoms with Gasteiger partial charge in [0.2, 0.25) is 11.7 Å². The van der Waals surface area contributed by atoms with Gasteiger partial charge in [-0.3, -0.25) is 4.90 Å². The first kappa shape index (κ1) is 15.2. The average molecular weight is 301 g/mol. The first-order chi connectivity index (χ1) is 10.7. The molecule has 1 fully saturated rings. The van der Waals surface area contributed by atoms with Gasteiger partial charge in [-0.05, 0) is 37.8 Å². The van der Waals surface area contributed by atoms with Gasteiger partial charge in [0.15, 0.2) is 0 Å². The fourth-order valence-corrected chi connectivity index (χ4v) is 2.92. The van der Waals surface area contributed by atoms with Crippen molar-refractivity contribution in [3.63, 3.8) is 0 Å². The Kier molecular flexibility index (Phi) is 4.55. The number of likely N-dealkylation sites (tertiary alicyclic amines) is 1. The third-order valence-electron chi connectivity index (χ3n) is 4.44. The molecule has 5 heteroatoms. The summed E-state index contributed by atoms with van der Waals surface area (Å²) in [5, 5.41) is 13.7. The predicted octanol–water partition coefficient (Wildman–Crippen LogP) is 2.50. The van der Waals surface area contributed by atoms with Crippen LogP contribution >= 0.6 is 0 Å². The molecule has 1 aliphatic rings. The van der Waals surface area contributed by atoms with E-state index < -0.39 is 0 Å². The number of hydrogen-bond acceptors (Lipinski definition) is 5. The molecule has 1 N–H and O–H groups in total. The summed E-state index contributed by atoms with van der Waals surface area (Å²) in [4.78, 5) is 6.75. The van der Waals surface area contributed by atoms with E-state index in [4.69, 9.17) is 4.52 Å². The number of aliphatic hydroxyl groups excluding tert-OH is 1. The van der Waals surface area contributed by atoms with Crippen LogP contribution in [0.1, 0.15) is 31.7 Å². The van der Waals surface area contributed by atoms with E-state index in [-0.39, 0.29) is 6.10 Å². The number of rotatable bonds is 5. The average Bonchev–Trinajstić information content (AvgIpc) is 3.17. The first-order valence-corrected chi connectivity index (χ1v) is 7.98. The number of nitrogens with zero attached hydrogens (tertiary/aromatic N) is 3. The zero-order valence-electron chi connectivity index (χ0n) is 13.2. The Morgan fingerprint density at radius 2 is 2.14 bits per heavy atom. The Hall–Kier alpha value is -1.72. The smallest absolute Gasteiger partial charge is 0.241 e. The molecule has 0 saturated carbocycles. The molecular weight excluding hydrogens is 278 g/mol. The molecule has 0 amide bonds. The van der Waals surface area contributed by atoms with Crippen LogP contribution < -0.4 is 0 Å². The molecule has 2 heterocycles. The van der Waals surface area contributed by atoms with Crippen LogP contribution in [-0.4, -0.2) is 39.3 Å². The largest absolute Gasteiger partial charge is 0.393 e. The van der Waals surface area contributed by atoms with Crippen LogP contribution in [-0.2, 0) is 13.0 Å². The molecule has 1 saturated heterocycles. The summed E-state index contributed by atoms with van der Waals surface area (Å²) in [6.45, 7) is 6.51. The van der Waals surface area contributed by atoms with Crippen molar-refractivity contribution in [3.8, 4) is 11.4 Å². The quantitative estimate of drug-likeness (QED) is 0.919. The number of benzene rings is 1. The second kappa shape index (κ2) is 6.58. The van der Waals surface area contributed by atoms with E-state index in [2.05, 4.69) is 34.1 Å². The highest BCUT2D eigenvalue weighted by Crippen LogP contribution is 2.22. The lowest BCUT2D eigenvalue weighted by molar-refractivity contribution is 0.125. The third-order valence-corrected chi connectivity index (χ3v) is 4.44. The molecule has 1 aromatic heterocycles. The molecule has 0 radical (unpaired) electrons. The summed E-state index contributed by atoms with van der Waals surface area (Å²) in [6, 6.07) is 8.26. The maximum atomic E-state index is 9.65. The fraction of sp³-hybridized carbons (Fsp3) is 0.529. The van der Waals surface area contributed by atoms with Crippen LogP contribution in [0.4, 0.5) is 0 Å². The molecule has 22 heavy (non-hydrogen) atoms. The Balaban J connectivity index is 1.64. The minimum atomic E-state index is -0.250. The molecule has 1 aromatic carbocycles. The van der Waals surface area contributed by atoms with E-state index in [9.17, 15) is 5.11 Å². The first-order valence-electron chi connectivity index (χ1n) is 7.98. The number of aromatic nitrogens is 2. The molecule has 1 aliphatic heterocycles.